The Hall–Kier alpha value is -2.23. The number of rotatable bonds is 6. The normalized spacial score (nSPS) is 11.5. The number of carbonyl (C=O) groups is 1. The molecule has 1 amide bonds. The summed E-state index contributed by atoms with van der Waals surface area (Å²) in [6, 6.07) is 9.25. The molecular weight excluding hydrogens is 450 g/mol. The van der Waals surface area contributed by atoms with Crippen LogP contribution in [0.3, 0.4) is 0 Å². The van der Waals surface area contributed by atoms with Crippen LogP contribution >= 0.6 is 35.0 Å². The summed E-state index contributed by atoms with van der Waals surface area (Å²) in [6.45, 7) is -0.121. The third-order valence-corrected chi connectivity index (χ3v) is 5.12. The Morgan fingerprint density at radius 1 is 1.14 bits per heavy atom. The highest BCUT2D eigenvalue weighted by Gasteiger charge is 2.30. The van der Waals surface area contributed by atoms with E-state index in [2.05, 4.69) is 15.5 Å². The van der Waals surface area contributed by atoms with Crippen LogP contribution in [-0.4, -0.2) is 16.1 Å². The molecule has 0 aliphatic rings. The minimum absolute atomic E-state index is 0.119. The van der Waals surface area contributed by atoms with Crippen molar-refractivity contribution in [2.24, 2.45) is 0 Å². The molecule has 0 unspecified atom stereocenters. The molecule has 1 heterocycles. The molecular formula is C18H12Cl2F3N3O2S. The van der Waals surface area contributed by atoms with Gasteiger partial charge in [0.25, 0.3) is 11.1 Å². The summed E-state index contributed by atoms with van der Waals surface area (Å²) in [5.74, 6) is -0.0969. The van der Waals surface area contributed by atoms with Crippen LogP contribution in [0.2, 0.25) is 10.0 Å². The predicted molar refractivity (Wildman–Crippen MR) is 103 cm³/mol. The quantitative estimate of drug-likeness (QED) is 0.482. The monoisotopic (exact) mass is 461 g/mol. The minimum Gasteiger partial charge on any atom is -0.414 e. The van der Waals surface area contributed by atoms with Gasteiger partial charge in [0.15, 0.2) is 0 Å². The summed E-state index contributed by atoms with van der Waals surface area (Å²) in [5, 5.41) is 11.4. The van der Waals surface area contributed by atoms with Crippen LogP contribution in [0, 0.1) is 0 Å². The molecule has 0 radical (unpaired) electrons. The summed E-state index contributed by atoms with van der Waals surface area (Å²) in [6.07, 6.45) is -4.53. The highest BCUT2D eigenvalue weighted by molar-refractivity contribution is 7.98. The first kappa shape index (κ1) is 21.5. The molecule has 0 aliphatic carbocycles. The van der Waals surface area contributed by atoms with Crippen molar-refractivity contribution in [2.75, 3.05) is 0 Å². The van der Waals surface area contributed by atoms with Gasteiger partial charge in [0, 0.05) is 21.4 Å². The lowest BCUT2D eigenvalue weighted by Gasteiger charge is -2.08. The van der Waals surface area contributed by atoms with E-state index in [0.717, 1.165) is 17.7 Å². The number of thioether (sulfide) groups is 1. The van der Waals surface area contributed by atoms with E-state index in [1.165, 1.54) is 23.9 Å². The number of hydrogen-bond acceptors (Lipinski definition) is 5. The summed E-state index contributed by atoms with van der Waals surface area (Å²) in [7, 11) is 0. The Morgan fingerprint density at radius 2 is 1.93 bits per heavy atom. The van der Waals surface area contributed by atoms with Crippen molar-refractivity contribution >= 4 is 40.9 Å². The van der Waals surface area contributed by atoms with E-state index in [0.29, 0.717) is 15.8 Å². The van der Waals surface area contributed by atoms with E-state index in [1.807, 2.05) is 0 Å². The maximum absolute atomic E-state index is 12.7. The minimum atomic E-state index is -4.53. The Morgan fingerprint density at radius 3 is 2.66 bits per heavy atom. The van der Waals surface area contributed by atoms with Crippen molar-refractivity contribution < 1.29 is 22.4 Å². The fourth-order valence-electron chi connectivity index (χ4n) is 2.24. The first-order valence-corrected chi connectivity index (χ1v) is 9.81. The van der Waals surface area contributed by atoms with Crippen LogP contribution in [0.25, 0.3) is 0 Å². The molecule has 3 aromatic rings. The largest absolute Gasteiger partial charge is 0.416 e. The molecule has 11 heteroatoms. The van der Waals surface area contributed by atoms with Gasteiger partial charge in [0.1, 0.15) is 0 Å². The zero-order valence-electron chi connectivity index (χ0n) is 14.5. The molecule has 1 aromatic heterocycles. The van der Waals surface area contributed by atoms with Gasteiger partial charge in [-0.05, 0) is 35.9 Å². The van der Waals surface area contributed by atoms with E-state index in [9.17, 15) is 18.0 Å². The molecule has 1 N–H and O–H groups in total. The van der Waals surface area contributed by atoms with E-state index in [-0.39, 0.29) is 23.2 Å². The fraction of sp³-hybridized carbons (Fsp3) is 0.167. The second-order valence-electron chi connectivity index (χ2n) is 5.75. The van der Waals surface area contributed by atoms with Crippen molar-refractivity contribution in [3.63, 3.8) is 0 Å². The van der Waals surface area contributed by atoms with Gasteiger partial charge in [-0.1, -0.05) is 47.1 Å². The van der Waals surface area contributed by atoms with Crippen molar-refractivity contribution in [1.29, 1.82) is 0 Å². The van der Waals surface area contributed by atoms with Crippen LogP contribution in [0.5, 0.6) is 0 Å². The molecule has 0 spiro atoms. The number of nitrogens with one attached hydrogen (secondary N) is 1. The van der Waals surface area contributed by atoms with Crippen LogP contribution in [0.1, 0.15) is 27.4 Å². The topological polar surface area (TPSA) is 68.0 Å². The van der Waals surface area contributed by atoms with E-state index >= 15 is 0 Å². The molecule has 0 fully saturated rings. The van der Waals surface area contributed by atoms with Gasteiger partial charge in [-0.3, -0.25) is 4.79 Å². The molecule has 0 aliphatic heterocycles. The standard InChI is InChI=1S/C18H12Cl2F3N3O2S/c19-13-5-4-11(14(20)7-13)9-29-17-26-25-15(28-17)8-24-16(27)10-2-1-3-12(6-10)18(21,22)23/h1-7H,8-9H2,(H,24,27). The summed E-state index contributed by atoms with van der Waals surface area (Å²) in [4.78, 5) is 12.1. The average molecular weight is 462 g/mol. The van der Waals surface area contributed by atoms with Gasteiger partial charge >= 0.3 is 6.18 Å². The Balaban J connectivity index is 1.56. The van der Waals surface area contributed by atoms with E-state index < -0.39 is 17.6 Å². The van der Waals surface area contributed by atoms with Crippen molar-refractivity contribution in [3.8, 4) is 0 Å². The van der Waals surface area contributed by atoms with Crippen LogP contribution in [0.15, 0.2) is 52.1 Å². The third kappa shape index (κ3) is 5.88. The summed E-state index contributed by atoms with van der Waals surface area (Å²) >= 11 is 13.2. The lowest BCUT2D eigenvalue weighted by Crippen LogP contribution is -2.23. The Labute approximate surface area is 177 Å². The van der Waals surface area contributed by atoms with Gasteiger partial charge in [-0.25, -0.2) is 0 Å². The van der Waals surface area contributed by atoms with Crippen LogP contribution in [-0.2, 0) is 18.5 Å². The number of halogens is 5. The molecule has 5 nitrogen and oxygen atoms in total. The fourth-order valence-corrected chi connectivity index (χ4v) is 3.58. The molecule has 29 heavy (non-hydrogen) atoms. The number of alkyl halides is 3. The first-order chi connectivity index (χ1) is 13.7. The van der Waals surface area contributed by atoms with Gasteiger partial charge in [-0.2, -0.15) is 13.2 Å². The van der Waals surface area contributed by atoms with Crippen molar-refractivity contribution in [1.82, 2.24) is 15.5 Å². The molecule has 2 aromatic carbocycles. The Kier molecular flexibility index (Phi) is 6.71. The summed E-state index contributed by atoms with van der Waals surface area (Å²) in [5.41, 5.74) is -0.188. The molecule has 0 atom stereocenters. The number of hydrogen-bond donors (Lipinski definition) is 1. The smallest absolute Gasteiger partial charge is 0.414 e. The zero-order valence-corrected chi connectivity index (χ0v) is 16.8. The number of nitrogens with zero attached hydrogens (tertiary/aromatic N) is 2. The molecule has 0 bridgehead atoms. The second kappa shape index (κ2) is 9.06. The zero-order chi connectivity index (χ0) is 21.0. The Bertz CT molecular complexity index is 1030. The van der Waals surface area contributed by atoms with Gasteiger partial charge < -0.3 is 9.73 Å². The van der Waals surface area contributed by atoms with Gasteiger partial charge in [0.05, 0.1) is 12.1 Å². The number of amides is 1. The van der Waals surface area contributed by atoms with E-state index in [1.54, 1.807) is 18.2 Å². The lowest BCUT2D eigenvalue weighted by atomic mass is 10.1. The molecule has 3 rings (SSSR count). The molecule has 152 valence electrons. The van der Waals surface area contributed by atoms with Crippen LogP contribution in [0.4, 0.5) is 13.2 Å². The van der Waals surface area contributed by atoms with E-state index in [4.69, 9.17) is 27.6 Å². The van der Waals surface area contributed by atoms with Gasteiger partial charge in [-0.15, -0.1) is 10.2 Å². The maximum Gasteiger partial charge on any atom is 0.416 e. The molecule has 0 saturated heterocycles. The number of benzene rings is 2. The molecule has 0 saturated carbocycles. The third-order valence-electron chi connectivity index (χ3n) is 3.67. The first-order valence-electron chi connectivity index (χ1n) is 8.07. The van der Waals surface area contributed by atoms with Gasteiger partial charge in [0.2, 0.25) is 5.89 Å². The summed E-state index contributed by atoms with van der Waals surface area (Å²) < 4.78 is 43.6. The maximum atomic E-state index is 12.7. The average Bonchev–Trinajstić information content (AvgIpc) is 3.13. The lowest BCUT2D eigenvalue weighted by molar-refractivity contribution is -0.137. The predicted octanol–water partition coefficient (Wildman–Crippen LogP) is 5.62. The SMILES string of the molecule is O=C(NCc1nnc(SCc2ccc(Cl)cc2Cl)o1)c1cccc(C(F)(F)F)c1. The highest BCUT2D eigenvalue weighted by Crippen LogP contribution is 2.30. The number of aromatic nitrogens is 2. The van der Waals surface area contributed by atoms with Crippen molar-refractivity contribution in [2.45, 2.75) is 23.7 Å². The highest BCUT2D eigenvalue weighted by atomic mass is 35.5. The van der Waals surface area contributed by atoms with Crippen LogP contribution < -0.4 is 5.32 Å². The van der Waals surface area contributed by atoms with Crippen molar-refractivity contribution in [3.05, 3.63) is 75.1 Å². The second-order valence-corrected chi connectivity index (χ2v) is 7.52. The number of carbonyl (C=O) groups excluding carboxylic acids is 1.